The van der Waals surface area contributed by atoms with Gasteiger partial charge in [0.1, 0.15) is 11.6 Å². The molecule has 2 aromatic rings. The van der Waals surface area contributed by atoms with E-state index in [1.54, 1.807) is 0 Å². The Morgan fingerprint density at radius 2 is 1.89 bits per heavy atom. The maximum absolute atomic E-state index is 13.1. The molecule has 0 saturated carbocycles. The zero-order valence-electron chi connectivity index (χ0n) is 10.1. The van der Waals surface area contributed by atoms with Crippen molar-refractivity contribution < 1.29 is 13.9 Å². The molecule has 0 bridgehead atoms. The first kappa shape index (κ1) is 14.0. The SMILES string of the molecule is OCCCCSc1n[nH]c(-c2cc(F)cc(F)c2)n1. The second-order valence-corrected chi connectivity index (χ2v) is 4.97. The van der Waals surface area contributed by atoms with Crippen molar-refractivity contribution >= 4 is 11.8 Å². The van der Waals surface area contributed by atoms with Crippen LogP contribution in [0.4, 0.5) is 8.78 Å². The molecule has 2 rings (SSSR count). The standard InChI is InChI=1S/C12H13F2N3OS/c13-9-5-8(6-10(14)7-9)11-15-12(17-16-11)19-4-2-1-3-18/h5-7,18H,1-4H2,(H,15,16,17). The molecule has 0 aliphatic carbocycles. The van der Waals surface area contributed by atoms with E-state index in [1.807, 2.05) is 0 Å². The number of nitrogens with one attached hydrogen (secondary N) is 1. The number of hydrogen-bond donors (Lipinski definition) is 2. The average Bonchev–Trinajstić information content (AvgIpc) is 2.82. The van der Waals surface area contributed by atoms with E-state index in [2.05, 4.69) is 15.2 Å². The maximum Gasteiger partial charge on any atom is 0.208 e. The first-order valence-corrected chi connectivity index (χ1v) is 6.80. The molecule has 2 N–H and O–H groups in total. The topological polar surface area (TPSA) is 61.8 Å². The number of rotatable bonds is 6. The molecule has 0 spiro atoms. The Labute approximate surface area is 113 Å². The highest BCUT2D eigenvalue weighted by Crippen LogP contribution is 2.21. The number of nitrogens with zero attached hydrogens (tertiary/aromatic N) is 2. The zero-order valence-corrected chi connectivity index (χ0v) is 10.9. The van der Waals surface area contributed by atoms with Crippen molar-refractivity contribution in [2.45, 2.75) is 18.0 Å². The molecular formula is C12H13F2N3OS. The van der Waals surface area contributed by atoms with Crippen LogP contribution in [0.3, 0.4) is 0 Å². The van der Waals surface area contributed by atoms with E-state index >= 15 is 0 Å². The van der Waals surface area contributed by atoms with Crippen LogP contribution >= 0.6 is 11.8 Å². The summed E-state index contributed by atoms with van der Waals surface area (Å²) in [7, 11) is 0. The van der Waals surface area contributed by atoms with Crippen LogP contribution in [-0.4, -0.2) is 32.6 Å². The normalized spacial score (nSPS) is 10.9. The van der Waals surface area contributed by atoms with E-state index in [-0.39, 0.29) is 6.61 Å². The lowest BCUT2D eigenvalue weighted by Gasteiger charge is -1.97. The van der Waals surface area contributed by atoms with Crippen LogP contribution in [0.5, 0.6) is 0 Å². The van der Waals surface area contributed by atoms with Gasteiger partial charge in [-0.1, -0.05) is 11.8 Å². The molecule has 4 nitrogen and oxygen atoms in total. The van der Waals surface area contributed by atoms with Crippen molar-refractivity contribution in [3.05, 3.63) is 29.8 Å². The van der Waals surface area contributed by atoms with Crippen molar-refractivity contribution in [1.82, 2.24) is 15.2 Å². The summed E-state index contributed by atoms with van der Waals surface area (Å²) in [4.78, 5) is 4.16. The molecule has 1 aromatic carbocycles. The Hall–Kier alpha value is -1.47. The van der Waals surface area contributed by atoms with Crippen molar-refractivity contribution in [3.8, 4) is 11.4 Å². The molecular weight excluding hydrogens is 272 g/mol. The van der Waals surface area contributed by atoms with Crippen LogP contribution in [0, 0.1) is 11.6 Å². The number of unbranched alkanes of at least 4 members (excludes halogenated alkanes) is 1. The van der Waals surface area contributed by atoms with E-state index in [1.165, 1.54) is 23.9 Å². The van der Waals surface area contributed by atoms with E-state index in [9.17, 15) is 8.78 Å². The average molecular weight is 285 g/mol. The number of H-pyrrole nitrogens is 1. The summed E-state index contributed by atoms with van der Waals surface area (Å²) in [6.07, 6.45) is 1.60. The summed E-state index contributed by atoms with van der Waals surface area (Å²) >= 11 is 1.43. The monoisotopic (exact) mass is 285 g/mol. The molecule has 1 aromatic heterocycles. The van der Waals surface area contributed by atoms with Crippen LogP contribution < -0.4 is 0 Å². The largest absolute Gasteiger partial charge is 0.396 e. The summed E-state index contributed by atoms with van der Waals surface area (Å²) in [5.74, 6) is -0.176. The molecule has 0 aliphatic heterocycles. The second kappa shape index (κ2) is 6.63. The number of thioether (sulfide) groups is 1. The van der Waals surface area contributed by atoms with Gasteiger partial charge in [0.25, 0.3) is 0 Å². The molecule has 7 heteroatoms. The minimum absolute atomic E-state index is 0.169. The lowest BCUT2D eigenvalue weighted by molar-refractivity contribution is 0.287. The van der Waals surface area contributed by atoms with Gasteiger partial charge in [0, 0.05) is 24.0 Å². The second-order valence-electron chi connectivity index (χ2n) is 3.90. The van der Waals surface area contributed by atoms with E-state index in [4.69, 9.17) is 5.11 Å². The predicted octanol–water partition coefficient (Wildman–Crippen LogP) is 2.61. The summed E-state index contributed by atoms with van der Waals surface area (Å²) < 4.78 is 26.2. The van der Waals surface area contributed by atoms with E-state index < -0.39 is 11.6 Å². The van der Waals surface area contributed by atoms with Crippen LogP contribution in [0.25, 0.3) is 11.4 Å². The first-order chi connectivity index (χ1) is 9.19. The Balaban J connectivity index is 2.03. The molecule has 1 heterocycles. The fourth-order valence-corrected chi connectivity index (χ4v) is 2.31. The molecule has 19 heavy (non-hydrogen) atoms. The van der Waals surface area contributed by atoms with Crippen LogP contribution in [0.1, 0.15) is 12.8 Å². The Morgan fingerprint density at radius 1 is 1.16 bits per heavy atom. The molecule has 0 radical (unpaired) electrons. The Kier molecular flexibility index (Phi) is 4.86. The van der Waals surface area contributed by atoms with Gasteiger partial charge in [0.2, 0.25) is 5.16 Å². The zero-order chi connectivity index (χ0) is 13.7. The molecule has 0 amide bonds. The van der Waals surface area contributed by atoms with Gasteiger partial charge in [0.15, 0.2) is 5.82 Å². The number of aliphatic hydroxyl groups is 1. The van der Waals surface area contributed by atoms with Gasteiger partial charge in [-0.25, -0.2) is 13.8 Å². The summed E-state index contributed by atoms with van der Waals surface area (Å²) in [6.45, 7) is 0.169. The summed E-state index contributed by atoms with van der Waals surface area (Å²) in [6, 6.07) is 3.21. The van der Waals surface area contributed by atoms with Gasteiger partial charge in [-0.2, -0.15) is 0 Å². The third-order valence-corrected chi connectivity index (χ3v) is 3.32. The fraction of sp³-hybridized carbons (Fsp3) is 0.333. The molecule has 0 atom stereocenters. The lowest BCUT2D eigenvalue weighted by Crippen LogP contribution is -1.87. The third kappa shape index (κ3) is 4.00. The van der Waals surface area contributed by atoms with Gasteiger partial charge in [0.05, 0.1) is 0 Å². The van der Waals surface area contributed by atoms with Crippen molar-refractivity contribution in [2.75, 3.05) is 12.4 Å². The van der Waals surface area contributed by atoms with E-state index in [0.29, 0.717) is 16.5 Å². The number of benzene rings is 1. The number of aromatic nitrogens is 3. The first-order valence-electron chi connectivity index (χ1n) is 5.81. The van der Waals surface area contributed by atoms with Crippen LogP contribution in [0.15, 0.2) is 23.4 Å². The highest BCUT2D eigenvalue weighted by atomic mass is 32.2. The van der Waals surface area contributed by atoms with E-state index in [0.717, 1.165) is 24.7 Å². The fourth-order valence-electron chi connectivity index (χ4n) is 1.51. The maximum atomic E-state index is 13.1. The number of aromatic amines is 1. The number of halogens is 2. The molecule has 102 valence electrons. The summed E-state index contributed by atoms with van der Waals surface area (Å²) in [5, 5.41) is 15.8. The molecule has 0 fully saturated rings. The minimum atomic E-state index is -0.649. The smallest absolute Gasteiger partial charge is 0.208 e. The van der Waals surface area contributed by atoms with Gasteiger partial charge in [-0.3, -0.25) is 5.10 Å². The number of aliphatic hydroxyl groups excluding tert-OH is 1. The highest BCUT2D eigenvalue weighted by Gasteiger charge is 2.08. The predicted molar refractivity (Wildman–Crippen MR) is 68.8 cm³/mol. The van der Waals surface area contributed by atoms with Gasteiger partial charge in [-0.15, -0.1) is 5.10 Å². The van der Waals surface area contributed by atoms with Crippen LogP contribution in [-0.2, 0) is 0 Å². The van der Waals surface area contributed by atoms with Gasteiger partial charge < -0.3 is 5.11 Å². The van der Waals surface area contributed by atoms with Gasteiger partial charge in [-0.05, 0) is 25.0 Å². The molecule has 0 saturated heterocycles. The number of hydrogen-bond acceptors (Lipinski definition) is 4. The third-order valence-electron chi connectivity index (χ3n) is 2.38. The molecule has 0 aliphatic rings. The van der Waals surface area contributed by atoms with Crippen LogP contribution in [0.2, 0.25) is 0 Å². The lowest BCUT2D eigenvalue weighted by atomic mass is 10.2. The van der Waals surface area contributed by atoms with Crippen molar-refractivity contribution in [1.29, 1.82) is 0 Å². The Bertz CT molecular complexity index is 527. The van der Waals surface area contributed by atoms with Crippen molar-refractivity contribution in [3.63, 3.8) is 0 Å². The molecule has 0 unspecified atom stereocenters. The van der Waals surface area contributed by atoms with Gasteiger partial charge >= 0.3 is 0 Å². The highest BCUT2D eigenvalue weighted by molar-refractivity contribution is 7.99. The minimum Gasteiger partial charge on any atom is -0.396 e. The summed E-state index contributed by atoms with van der Waals surface area (Å²) in [5.41, 5.74) is 0.326. The van der Waals surface area contributed by atoms with Crippen molar-refractivity contribution in [2.24, 2.45) is 0 Å². The Morgan fingerprint density at radius 3 is 2.58 bits per heavy atom. The quantitative estimate of drug-likeness (QED) is 0.632.